The molecule has 0 saturated carbocycles. The molecule has 4 heterocycles. The summed E-state index contributed by atoms with van der Waals surface area (Å²) in [6, 6.07) is 24.5. The Morgan fingerprint density at radius 3 is 1.69 bits per heavy atom. The van der Waals surface area contributed by atoms with Crippen molar-refractivity contribution in [3.63, 3.8) is 0 Å². The third-order valence-electron chi connectivity index (χ3n) is 10.8. The number of hydrogen-bond acceptors (Lipinski definition) is 14. The van der Waals surface area contributed by atoms with Crippen molar-refractivity contribution in [3.8, 4) is 11.5 Å². The van der Waals surface area contributed by atoms with Gasteiger partial charge in [0.05, 0.1) is 33.5 Å². The molecule has 3 N–H and O–H groups in total. The second kappa shape index (κ2) is 18.5. The van der Waals surface area contributed by atoms with Crippen LogP contribution < -0.4 is 32.0 Å². The quantitative estimate of drug-likeness (QED) is 0.0919. The molecule has 7 rings (SSSR count). The summed E-state index contributed by atoms with van der Waals surface area (Å²) >= 11 is 0.818. The van der Waals surface area contributed by atoms with E-state index in [1.54, 1.807) is 27.4 Å². The normalized spacial score (nSPS) is 22.5. The molecule has 2 fully saturated rings. The number of methoxy groups -OCH3 is 2. The van der Waals surface area contributed by atoms with Crippen molar-refractivity contribution in [2.45, 2.75) is 69.2 Å². The van der Waals surface area contributed by atoms with E-state index in [0.717, 1.165) is 28.1 Å². The van der Waals surface area contributed by atoms with Crippen LogP contribution in [0.2, 0.25) is 0 Å². The number of nitrogens with one attached hydrogen (secondary N) is 2. The number of rotatable bonds is 16. The average Bonchev–Trinajstić information content (AvgIpc) is 3.87. The number of aliphatic hydroxyl groups is 1. The second-order valence-corrected chi connectivity index (χ2v) is 18.8. The molecule has 0 amide bonds. The first-order chi connectivity index (χ1) is 29.3. The summed E-state index contributed by atoms with van der Waals surface area (Å²) in [6.45, 7) is -1.85. The zero-order chi connectivity index (χ0) is 43.5. The van der Waals surface area contributed by atoms with Crippen LogP contribution in [0.15, 0.2) is 110 Å². The summed E-state index contributed by atoms with van der Waals surface area (Å²) in [6.07, 6.45) is -1.36. The summed E-state index contributed by atoms with van der Waals surface area (Å²) in [5, 5.41) is 10.2. The lowest BCUT2D eigenvalue weighted by Crippen LogP contribution is -2.41. The van der Waals surface area contributed by atoms with Crippen LogP contribution in [0, 0.1) is 13.8 Å². The molecular formula is C42H47N4O13PS. The first-order valence-corrected chi connectivity index (χ1v) is 22.8. The SMILES string of the molecule is COc1ccc(C(O[C@@H]2C[C@H](n3cc(C)c(=O)[nH]c3=O)O[C@@H]2COP(=O)(O[C@@H]2C[C@H](n3cc(C)c(=O)[nH]c3=O)O[C@@H]2CO)SC)(c2ccccc2)c2ccc(OC)cc2)cc1. The molecule has 324 valence electrons. The highest BCUT2D eigenvalue weighted by molar-refractivity contribution is 8.54. The van der Waals surface area contributed by atoms with Crippen LogP contribution in [0.3, 0.4) is 0 Å². The van der Waals surface area contributed by atoms with Gasteiger partial charge in [-0.15, -0.1) is 0 Å². The fourth-order valence-electron chi connectivity index (χ4n) is 7.60. The van der Waals surface area contributed by atoms with Gasteiger partial charge in [-0.2, -0.15) is 0 Å². The monoisotopic (exact) mass is 878 g/mol. The van der Waals surface area contributed by atoms with Crippen LogP contribution in [0.5, 0.6) is 11.5 Å². The molecule has 0 bridgehead atoms. The molecule has 19 heteroatoms. The Kier molecular flexibility index (Phi) is 13.4. The molecule has 2 aliphatic heterocycles. The lowest BCUT2D eigenvalue weighted by molar-refractivity contribution is -0.0978. The van der Waals surface area contributed by atoms with Gasteiger partial charge in [-0.05, 0) is 72.4 Å². The van der Waals surface area contributed by atoms with Gasteiger partial charge in [0.1, 0.15) is 47.9 Å². The van der Waals surface area contributed by atoms with Crippen LogP contribution in [-0.2, 0) is 33.4 Å². The van der Waals surface area contributed by atoms with Gasteiger partial charge in [0.2, 0.25) is 0 Å². The van der Waals surface area contributed by atoms with Crippen LogP contribution >= 0.6 is 18.2 Å². The van der Waals surface area contributed by atoms with Crippen molar-refractivity contribution in [1.29, 1.82) is 0 Å². The highest BCUT2D eigenvalue weighted by atomic mass is 32.7. The molecule has 2 aromatic heterocycles. The van der Waals surface area contributed by atoms with E-state index in [0.29, 0.717) is 11.5 Å². The summed E-state index contributed by atoms with van der Waals surface area (Å²) in [4.78, 5) is 54.9. The van der Waals surface area contributed by atoms with E-state index >= 15 is 0 Å². The van der Waals surface area contributed by atoms with E-state index in [9.17, 15) is 28.8 Å². The fourth-order valence-corrected chi connectivity index (χ4v) is 9.83. The Labute approximate surface area is 353 Å². The largest absolute Gasteiger partial charge is 0.497 e. The van der Waals surface area contributed by atoms with E-state index in [2.05, 4.69) is 9.97 Å². The maximum absolute atomic E-state index is 14.5. The molecule has 17 nitrogen and oxygen atoms in total. The Hall–Kier alpha value is -5.04. The van der Waals surface area contributed by atoms with Crippen molar-refractivity contribution in [1.82, 2.24) is 19.1 Å². The summed E-state index contributed by atoms with van der Waals surface area (Å²) < 4.78 is 60.1. The summed E-state index contributed by atoms with van der Waals surface area (Å²) in [5.41, 5.74) is -1.04. The summed E-state index contributed by atoms with van der Waals surface area (Å²) in [7, 11) is 3.15. The van der Waals surface area contributed by atoms with Gasteiger partial charge in [-0.1, -0.05) is 54.6 Å². The van der Waals surface area contributed by atoms with E-state index in [4.69, 9.17) is 32.7 Å². The number of aromatic nitrogens is 4. The van der Waals surface area contributed by atoms with Crippen molar-refractivity contribution in [3.05, 3.63) is 161 Å². The summed E-state index contributed by atoms with van der Waals surface area (Å²) in [5.74, 6) is 1.25. The number of aliphatic hydroxyl groups excluding tert-OH is 1. The smallest absolute Gasteiger partial charge is 0.389 e. The minimum Gasteiger partial charge on any atom is -0.497 e. The average molecular weight is 879 g/mol. The maximum Gasteiger partial charge on any atom is 0.389 e. The first-order valence-electron chi connectivity index (χ1n) is 19.4. The Morgan fingerprint density at radius 1 is 0.738 bits per heavy atom. The number of ether oxygens (including phenoxy) is 5. The van der Waals surface area contributed by atoms with Gasteiger partial charge < -0.3 is 28.8 Å². The fraction of sp³-hybridized carbons (Fsp3) is 0.381. The van der Waals surface area contributed by atoms with Crippen molar-refractivity contribution in [2.75, 3.05) is 33.7 Å². The molecule has 5 aromatic rings. The van der Waals surface area contributed by atoms with Crippen molar-refractivity contribution >= 4 is 18.2 Å². The van der Waals surface area contributed by atoms with E-state index in [1.165, 1.54) is 28.5 Å². The molecule has 1 unspecified atom stereocenters. The van der Waals surface area contributed by atoms with Gasteiger partial charge in [-0.25, -0.2) is 14.2 Å². The molecule has 3 aromatic carbocycles. The van der Waals surface area contributed by atoms with Crippen LogP contribution in [-0.4, -0.2) is 82.3 Å². The highest BCUT2D eigenvalue weighted by Crippen LogP contribution is 2.62. The minimum atomic E-state index is -4.08. The topological polar surface area (TPSA) is 212 Å². The van der Waals surface area contributed by atoms with Crippen LogP contribution in [0.4, 0.5) is 0 Å². The molecule has 0 spiro atoms. The van der Waals surface area contributed by atoms with Gasteiger partial charge in [0, 0.05) is 36.4 Å². The van der Waals surface area contributed by atoms with E-state index in [1.807, 2.05) is 78.9 Å². The second-order valence-electron chi connectivity index (χ2n) is 14.6. The molecule has 7 atom stereocenters. The number of benzene rings is 3. The number of aryl methyl sites for hydroxylation is 2. The predicted octanol–water partition coefficient (Wildman–Crippen LogP) is 4.54. The molecule has 2 saturated heterocycles. The zero-order valence-electron chi connectivity index (χ0n) is 34.0. The van der Waals surface area contributed by atoms with Gasteiger partial charge in [-0.3, -0.25) is 37.7 Å². The van der Waals surface area contributed by atoms with Gasteiger partial charge in [0.25, 0.3) is 11.1 Å². The number of aromatic amines is 2. The Bertz CT molecular complexity index is 2550. The lowest BCUT2D eigenvalue weighted by Gasteiger charge is -2.39. The number of hydrogen-bond donors (Lipinski definition) is 3. The third kappa shape index (κ3) is 9.13. The van der Waals surface area contributed by atoms with Crippen LogP contribution in [0.1, 0.15) is 53.1 Å². The molecule has 0 aliphatic carbocycles. The zero-order valence-corrected chi connectivity index (χ0v) is 35.8. The standard InChI is InChI=1S/C42H47N4O13PS/c1-25-21-45(40(50)43-38(25)48)36-19-32(58-42(27-9-7-6-8-10-27,28-11-15-30(53-3)16-12-28)29-13-17-31(54-4)18-14-29)35(57-36)24-55-60(52,61-5)59-33-20-37(56-34(33)23-47)46-22-26(2)39(49)44-41(46)51/h6-18,21-22,32-37,47H,19-20,23-24H2,1-5H3,(H,43,48,50)(H,44,49,51)/t32-,33-,34-,35-,36-,37-,60?/m1/s1. The predicted molar refractivity (Wildman–Crippen MR) is 225 cm³/mol. The molecule has 0 radical (unpaired) electrons. The van der Waals surface area contributed by atoms with Crippen molar-refractivity contribution < 1.29 is 42.4 Å². The Balaban J connectivity index is 1.25. The molecule has 61 heavy (non-hydrogen) atoms. The maximum atomic E-state index is 14.5. The van der Waals surface area contributed by atoms with Gasteiger partial charge >= 0.3 is 18.2 Å². The molecular weight excluding hydrogens is 832 g/mol. The molecule has 2 aliphatic rings. The Morgan fingerprint density at radius 2 is 1.21 bits per heavy atom. The van der Waals surface area contributed by atoms with Crippen LogP contribution in [0.25, 0.3) is 0 Å². The van der Waals surface area contributed by atoms with Gasteiger partial charge in [0.15, 0.2) is 0 Å². The minimum absolute atomic E-state index is 0.00391. The number of nitrogens with zero attached hydrogens (tertiary/aromatic N) is 2. The number of H-pyrrole nitrogens is 2. The highest BCUT2D eigenvalue weighted by Gasteiger charge is 2.48. The third-order valence-corrected chi connectivity index (χ3v) is 14.2. The van der Waals surface area contributed by atoms with E-state index in [-0.39, 0.29) is 30.6 Å². The van der Waals surface area contributed by atoms with Crippen molar-refractivity contribution in [2.24, 2.45) is 0 Å². The first kappa shape index (κ1) is 44.0. The lowest BCUT2D eigenvalue weighted by atomic mass is 9.79. The van der Waals surface area contributed by atoms with E-state index < -0.39 is 78.4 Å².